The smallest absolute Gasteiger partial charge is 0.270 e. The zero-order chi connectivity index (χ0) is 15.8. The van der Waals surface area contributed by atoms with Gasteiger partial charge in [0.05, 0.1) is 4.92 Å². The summed E-state index contributed by atoms with van der Waals surface area (Å²) in [6.07, 6.45) is 0. The lowest BCUT2D eigenvalue weighted by molar-refractivity contribution is -0.384. The van der Waals surface area contributed by atoms with E-state index in [0.717, 1.165) is 5.56 Å². The Morgan fingerprint density at radius 2 is 1.95 bits per heavy atom. The van der Waals surface area contributed by atoms with Crippen molar-refractivity contribution in [2.75, 3.05) is 0 Å². The number of rotatable bonds is 3. The Labute approximate surface area is 122 Å². The first-order chi connectivity index (χ1) is 9.74. The molecule has 0 fully saturated rings. The Hall–Kier alpha value is -2.28. The quantitative estimate of drug-likeness (QED) is 0.692. The summed E-state index contributed by atoms with van der Waals surface area (Å²) in [5, 5.41) is 28.5. The highest BCUT2D eigenvalue weighted by atomic mass is 16.6. The van der Waals surface area contributed by atoms with Gasteiger partial charge in [0.1, 0.15) is 6.61 Å². The van der Waals surface area contributed by atoms with E-state index < -0.39 is 4.92 Å². The molecule has 0 bridgehead atoms. The molecular formula is C14H18N4O3. The highest BCUT2D eigenvalue weighted by Crippen LogP contribution is 2.29. The van der Waals surface area contributed by atoms with Crippen LogP contribution in [-0.4, -0.2) is 24.8 Å². The zero-order valence-corrected chi connectivity index (χ0v) is 12.5. The first-order valence-electron chi connectivity index (χ1n) is 6.56. The third-order valence-corrected chi connectivity index (χ3v) is 3.07. The lowest BCUT2D eigenvalue weighted by Gasteiger charge is -2.24. The average molecular weight is 290 g/mol. The van der Waals surface area contributed by atoms with Crippen molar-refractivity contribution in [3.05, 3.63) is 39.7 Å². The molecule has 0 amide bonds. The molecule has 2 aromatic rings. The van der Waals surface area contributed by atoms with Gasteiger partial charge in [-0.15, -0.1) is 10.2 Å². The Morgan fingerprint density at radius 3 is 2.48 bits per heavy atom. The predicted octanol–water partition coefficient (Wildman–Crippen LogP) is 2.41. The highest BCUT2D eigenvalue weighted by Gasteiger charge is 2.24. The second-order valence-electron chi connectivity index (χ2n) is 5.92. The molecule has 1 aromatic heterocycles. The summed E-state index contributed by atoms with van der Waals surface area (Å²) in [6.45, 7) is 7.44. The molecule has 2 rings (SSSR count). The number of nitro groups is 1. The second kappa shape index (κ2) is 5.25. The Kier molecular flexibility index (Phi) is 3.78. The van der Waals surface area contributed by atoms with E-state index in [4.69, 9.17) is 0 Å². The van der Waals surface area contributed by atoms with Crippen LogP contribution in [0, 0.1) is 17.0 Å². The van der Waals surface area contributed by atoms with Crippen LogP contribution in [0.2, 0.25) is 0 Å². The third-order valence-electron chi connectivity index (χ3n) is 3.07. The Morgan fingerprint density at radius 1 is 1.29 bits per heavy atom. The van der Waals surface area contributed by atoms with Crippen LogP contribution in [-0.2, 0) is 12.1 Å². The summed E-state index contributed by atoms with van der Waals surface area (Å²) < 4.78 is 1.80. The summed E-state index contributed by atoms with van der Waals surface area (Å²) in [5.41, 5.74) is 1.05. The van der Waals surface area contributed by atoms with Crippen molar-refractivity contribution in [3.63, 3.8) is 0 Å². The van der Waals surface area contributed by atoms with Gasteiger partial charge in [-0.3, -0.25) is 10.1 Å². The number of hydrogen-bond donors (Lipinski definition) is 1. The number of non-ortho nitro benzene ring substituents is 1. The Bertz CT molecular complexity index is 686. The van der Waals surface area contributed by atoms with Gasteiger partial charge < -0.3 is 9.67 Å². The lowest BCUT2D eigenvalue weighted by Crippen LogP contribution is -2.25. The molecule has 0 radical (unpaired) electrons. The fraction of sp³-hybridized carbons (Fsp3) is 0.429. The van der Waals surface area contributed by atoms with E-state index in [0.29, 0.717) is 17.2 Å². The maximum absolute atomic E-state index is 11.0. The van der Waals surface area contributed by atoms with Crippen molar-refractivity contribution in [2.45, 2.75) is 39.8 Å². The zero-order valence-electron chi connectivity index (χ0n) is 12.5. The number of nitro benzene ring substituents is 1. The topological polar surface area (TPSA) is 94.1 Å². The normalized spacial score (nSPS) is 11.7. The van der Waals surface area contributed by atoms with E-state index in [9.17, 15) is 15.2 Å². The fourth-order valence-electron chi connectivity index (χ4n) is 2.31. The summed E-state index contributed by atoms with van der Waals surface area (Å²) in [5.74, 6) is 0.944. The molecule has 0 saturated carbocycles. The summed E-state index contributed by atoms with van der Waals surface area (Å²) in [6, 6.07) is 4.80. The SMILES string of the molecule is Cc1cc(-c2nnc(CO)n2C(C)(C)C)cc([N+](=O)[O-])c1. The summed E-state index contributed by atoms with van der Waals surface area (Å²) in [7, 11) is 0. The van der Waals surface area contributed by atoms with Gasteiger partial charge in [0, 0.05) is 23.2 Å². The van der Waals surface area contributed by atoms with E-state index in [1.165, 1.54) is 12.1 Å². The molecule has 0 saturated heterocycles. The van der Waals surface area contributed by atoms with Crippen LogP contribution < -0.4 is 0 Å². The first-order valence-corrected chi connectivity index (χ1v) is 6.56. The molecular weight excluding hydrogens is 272 g/mol. The minimum Gasteiger partial charge on any atom is -0.388 e. The minimum absolute atomic E-state index is 0.0130. The largest absolute Gasteiger partial charge is 0.388 e. The maximum Gasteiger partial charge on any atom is 0.270 e. The van der Waals surface area contributed by atoms with Crippen molar-refractivity contribution in [3.8, 4) is 11.4 Å². The number of benzene rings is 1. The molecule has 1 aromatic carbocycles. The average Bonchev–Trinajstić information content (AvgIpc) is 2.81. The minimum atomic E-state index is -0.429. The van der Waals surface area contributed by atoms with Gasteiger partial charge in [-0.1, -0.05) is 0 Å². The third kappa shape index (κ3) is 2.92. The van der Waals surface area contributed by atoms with Crippen LogP contribution in [0.5, 0.6) is 0 Å². The molecule has 0 aliphatic carbocycles. The van der Waals surface area contributed by atoms with Gasteiger partial charge in [-0.2, -0.15) is 0 Å². The van der Waals surface area contributed by atoms with Crippen LogP contribution >= 0.6 is 0 Å². The first kappa shape index (κ1) is 15.1. The summed E-state index contributed by atoms with van der Waals surface area (Å²) >= 11 is 0. The van der Waals surface area contributed by atoms with Crippen LogP contribution in [0.1, 0.15) is 32.2 Å². The highest BCUT2D eigenvalue weighted by molar-refractivity contribution is 5.61. The number of nitrogens with zero attached hydrogens (tertiary/aromatic N) is 4. The van der Waals surface area contributed by atoms with E-state index in [2.05, 4.69) is 10.2 Å². The number of aliphatic hydroxyl groups is 1. The molecule has 0 aliphatic heterocycles. The molecule has 0 unspecified atom stereocenters. The number of hydrogen-bond acceptors (Lipinski definition) is 5. The van der Waals surface area contributed by atoms with Gasteiger partial charge in [0.2, 0.25) is 0 Å². The van der Waals surface area contributed by atoms with Crippen molar-refractivity contribution in [1.82, 2.24) is 14.8 Å². The van der Waals surface area contributed by atoms with Crippen LogP contribution in [0.3, 0.4) is 0 Å². The van der Waals surface area contributed by atoms with Crippen LogP contribution in [0.4, 0.5) is 5.69 Å². The molecule has 7 nitrogen and oxygen atoms in total. The van der Waals surface area contributed by atoms with Crippen LogP contribution in [0.25, 0.3) is 11.4 Å². The monoisotopic (exact) mass is 290 g/mol. The van der Waals surface area contributed by atoms with Gasteiger partial charge in [-0.05, 0) is 39.3 Å². The number of aliphatic hydroxyl groups excluding tert-OH is 1. The molecule has 1 N–H and O–H groups in total. The van der Waals surface area contributed by atoms with E-state index >= 15 is 0 Å². The van der Waals surface area contributed by atoms with E-state index in [1.54, 1.807) is 11.5 Å². The molecule has 1 heterocycles. The summed E-state index contributed by atoms with van der Waals surface area (Å²) in [4.78, 5) is 10.6. The van der Waals surface area contributed by atoms with Crippen molar-refractivity contribution < 1.29 is 10.0 Å². The maximum atomic E-state index is 11.0. The molecule has 0 atom stereocenters. The Balaban J connectivity index is 2.68. The van der Waals surface area contributed by atoms with E-state index in [1.807, 2.05) is 26.8 Å². The molecule has 21 heavy (non-hydrogen) atoms. The van der Waals surface area contributed by atoms with Gasteiger partial charge in [0.25, 0.3) is 5.69 Å². The van der Waals surface area contributed by atoms with Crippen LogP contribution in [0.15, 0.2) is 18.2 Å². The van der Waals surface area contributed by atoms with Gasteiger partial charge in [-0.25, -0.2) is 0 Å². The van der Waals surface area contributed by atoms with Crippen molar-refractivity contribution in [2.24, 2.45) is 0 Å². The van der Waals surface area contributed by atoms with Crippen molar-refractivity contribution >= 4 is 5.69 Å². The molecule has 0 spiro atoms. The molecule has 7 heteroatoms. The van der Waals surface area contributed by atoms with Crippen molar-refractivity contribution in [1.29, 1.82) is 0 Å². The van der Waals surface area contributed by atoms with E-state index in [-0.39, 0.29) is 17.8 Å². The number of aromatic nitrogens is 3. The fourth-order valence-corrected chi connectivity index (χ4v) is 2.31. The second-order valence-corrected chi connectivity index (χ2v) is 5.92. The lowest BCUT2D eigenvalue weighted by atomic mass is 10.1. The van der Waals surface area contributed by atoms with Gasteiger partial charge >= 0.3 is 0 Å². The molecule has 112 valence electrons. The predicted molar refractivity (Wildman–Crippen MR) is 77.8 cm³/mol. The standard InChI is InChI=1S/C14H18N4O3/c1-9-5-10(7-11(6-9)18(20)21)13-16-15-12(8-19)17(13)14(2,3)4/h5-7,19H,8H2,1-4H3. The number of aryl methyl sites for hydroxylation is 1. The van der Waals surface area contributed by atoms with Gasteiger partial charge in [0.15, 0.2) is 11.6 Å². The molecule has 0 aliphatic rings.